The van der Waals surface area contributed by atoms with Crippen LogP contribution in [0.3, 0.4) is 0 Å². The minimum Gasteiger partial charge on any atom is -0.312 e. The van der Waals surface area contributed by atoms with E-state index >= 15 is 0 Å². The van der Waals surface area contributed by atoms with E-state index < -0.39 is 5.97 Å². The van der Waals surface area contributed by atoms with Crippen molar-refractivity contribution < 1.29 is 9.63 Å². The maximum atomic E-state index is 12.4. The molecule has 4 rings (SSSR count). The van der Waals surface area contributed by atoms with Gasteiger partial charge in [-0.05, 0) is 23.3 Å². The number of carbonyl (C=O) groups excluding carboxylic acids is 1. The van der Waals surface area contributed by atoms with Crippen molar-refractivity contribution in [3.8, 4) is 0 Å². The van der Waals surface area contributed by atoms with E-state index in [0.717, 1.165) is 22.3 Å². The van der Waals surface area contributed by atoms with Crippen LogP contribution in [0.1, 0.15) is 42.3 Å². The van der Waals surface area contributed by atoms with Crippen molar-refractivity contribution in [1.29, 1.82) is 0 Å². The Hall–Kier alpha value is -2.24. The van der Waals surface area contributed by atoms with Crippen LogP contribution in [0.2, 0.25) is 0 Å². The topological polar surface area (TPSA) is 38.7 Å². The van der Waals surface area contributed by atoms with Crippen molar-refractivity contribution in [3.05, 3.63) is 107 Å². The second-order valence-corrected chi connectivity index (χ2v) is 8.14. The third kappa shape index (κ3) is 3.49. The first kappa shape index (κ1) is 18.1. The molecule has 0 radical (unpaired) electrons. The lowest BCUT2D eigenvalue weighted by Gasteiger charge is -2.16. The molecular weight excluding hydrogens is 470 g/mol. The van der Waals surface area contributed by atoms with Gasteiger partial charge in [0.25, 0.3) is 0 Å². The van der Waals surface area contributed by atoms with Gasteiger partial charge in [-0.3, -0.25) is 0 Å². The van der Waals surface area contributed by atoms with Crippen molar-refractivity contribution in [3.63, 3.8) is 0 Å². The van der Waals surface area contributed by atoms with Crippen LogP contribution in [-0.2, 0) is 4.84 Å². The van der Waals surface area contributed by atoms with Crippen LogP contribution in [0.5, 0.6) is 0 Å². The summed E-state index contributed by atoms with van der Waals surface area (Å²) >= 11 is 7.61. The van der Waals surface area contributed by atoms with Crippen LogP contribution in [0.25, 0.3) is 0 Å². The zero-order valence-electron chi connectivity index (χ0n) is 14.2. The van der Waals surface area contributed by atoms with Gasteiger partial charge < -0.3 is 4.84 Å². The lowest BCUT2D eigenvalue weighted by Crippen LogP contribution is -2.09. The minimum absolute atomic E-state index is 0.0624. The molecule has 0 N–H and O–H groups in total. The number of rotatable bonds is 2. The van der Waals surface area contributed by atoms with Gasteiger partial charge in [0, 0.05) is 11.1 Å². The fraction of sp³-hybridized carbons (Fsp3) is 0.0909. The van der Waals surface area contributed by atoms with Crippen molar-refractivity contribution in [2.75, 3.05) is 0 Å². The number of nitrogens with zero attached hydrogens (tertiary/aromatic N) is 1. The first-order valence-electron chi connectivity index (χ1n) is 8.48. The summed E-state index contributed by atoms with van der Waals surface area (Å²) < 4.78 is 0. The highest BCUT2D eigenvalue weighted by molar-refractivity contribution is 9.12. The van der Waals surface area contributed by atoms with E-state index in [0.29, 0.717) is 11.3 Å². The van der Waals surface area contributed by atoms with Crippen LogP contribution in [0.15, 0.2) is 84.0 Å². The number of fused-ring (bicyclic) bond motifs is 2. The molecule has 0 amide bonds. The SMILES string of the molecule is O=C(ON=C1c2ccccc2[C@@H](Br)[C@@H](Br)c2ccccc21)c1ccccc1. The maximum absolute atomic E-state index is 12.4. The van der Waals surface area contributed by atoms with Crippen molar-refractivity contribution in [2.45, 2.75) is 9.65 Å². The Morgan fingerprint density at radius 2 is 1.22 bits per heavy atom. The number of hydrogen-bond acceptors (Lipinski definition) is 3. The summed E-state index contributed by atoms with van der Waals surface area (Å²) in [4.78, 5) is 17.8. The zero-order chi connectivity index (χ0) is 18.8. The zero-order valence-corrected chi connectivity index (χ0v) is 17.4. The number of halogens is 2. The van der Waals surface area contributed by atoms with Gasteiger partial charge in [-0.2, -0.15) is 0 Å². The van der Waals surface area contributed by atoms with Gasteiger partial charge in [0.2, 0.25) is 0 Å². The van der Waals surface area contributed by atoms with E-state index in [9.17, 15) is 4.79 Å². The third-order valence-electron chi connectivity index (χ3n) is 4.51. The molecule has 27 heavy (non-hydrogen) atoms. The molecule has 0 spiro atoms. The summed E-state index contributed by atoms with van der Waals surface area (Å²) in [6.45, 7) is 0. The summed E-state index contributed by atoms with van der Waals surface area (Å²) in [5.41, 5.74) is 5.17. The van der Waals surface area contributed by atoms with Crippen LogP contribution in [0.4, 0.5) is 0 Å². The second kappa shape index (κ2) is 7.79. The van der Waals surface area contributed by atoms with E-state index in [1.807, 2.05) is 42.5 Å². The van der Waals surface area contributed by atoms with Gasteiger partial charge in [0.15, 0.2) is 0 Å². The highest BCUT2D eigenvalue weighted by Gasteiger charge is 2.31. The number of alkyl halides is 2. The summed E-state index contributed by atoms with van der Waals surface area (Å²) in [7, 11) is 0. The lowest BCUT2D eigenvalue weighted by molar-refractivity contribution is 0.0517. The molecule has 0 aromatic heterocycles. The fourth-order valence-corrected chi connectivity index (χ4v) is 4.55. The number of carbonyl (C=O) groups is 1. The molecule has 134 valence electrons. The normalized spacial score (nSPS) is 19.7. The average Bonchev–Trinajstić information content (AvgIpc) is 2.82. The van der Waals surface area contributed by atoms with Gasteiger partial charge in [-0.15, -0.1) is 0 Å². The van der Waals surface area contributed by atoms with Gasteiger partial charge in [-0.1, -0.05) is 104 Å². The quantitative estimate of drug-likeness (QED) is 0.247. The molecule has 0 heterocycles. The van der Waals surface area contributed by atoms with Crippen LogP contribution >= 0.6 is 31.9 Å². The van der Waals surface area contributed by atoms with Crippen LogP contribution < -0.4 is 0 Å². The summed E-state index contributed by atoms with van der Waals surface area (Å²) in [5, 5.41) is 4.30. The summed E-state index contributed by atoms with van der Waals surface area (Å²) in [5.74, 6) is -0.479. The number of benzene rings is 3. The van der Waals surface area contributed by atoms with E-state index in [2.05, 4.69) is 49.1 Å². The summed E-state index contributed by atoms with van der Waals surface area (Å²) in [6, 6.07) is 24.9. The van der Waals surface area contributed by atoms with Gasteiger partial charge in [-0.25, -0.2) is 4.79 Å². The molecule has 3 aromatic carbocycles. The van der Waals surface area contributed by atoms with E-state index in [4.69, 9.17) is 4.84 Å². The van der Waals surface area contributed by atoms with E-state index in [1.54, 1.807) is 24.3 Å². The predicted molar refractivity (Wildman–Crippen MR) is 114 cm³/mol. The minimum atomic E-state index is -0.479. The first-order valence-corrected chi connectivity index (χ1v) is 10.3. The molecule has 3 aromatic rings. The molecule has 1 aliphatic carbocycles. The molecule has 3 nitrogen and oxygen atoms in total. The molecular formula is C22H15Br2NO2. The lowest BCUT2D eigenvalue weighted by atomic mass is 9.98. The van der Waals surface area contributed by atoms with Crippen molar-refractivity contribution in [2.24, 2.45) is 5.16 Å². The van der Waals surface area contributed by atoms with Gasteiger partial charge in [0.05, 0.1) is 15.2 Å². The number of oxime groups is 1. The smallest absolute Gasteiger partial charge is 0.312 e. The molecule has 0 unspecified atom stereocenters. The Labute approximate surface area is 174 Å². The Bertz CT molecular complexity index is 964. The Morgan fingerprint density at radius 1 is 0.741 bits per heavy atom. The highest BCUT2D eigenvalue weighted by Crippen LogP contribution is 2.47. The standard InChI is InChI=1S/C22H15Br2NO2/c23-19-15-10-4-6-12-17(15)21(18-13-7-5-11-16(18)20(19)24)25-27-22(26)14-8-2-1-3-9-14/h1-13,19-20H/t19-,20+. The first-order chi connectivity index (χ1) is 13.2. The molecule has 2 atom stereocenters. The van der Waals surface area contributed by atoms with Crippen LogP contribution in [0, 0.1) is 0 Å². The van der Waals surface area contributed by atoms with Crippen molar-refractivity contribution in [1.82, 2.24) is 0 Å². The third-order valence-corrected chi connectivity index (χ3v) is 7.27. The molecule has 0 saturated heterocycles. The molecule has 0 bridgehead atoms. The van der Waals surface area contributed by atoms with Gasteiger partial charge >= 0.3 is 5.97 Å². The number of hydrogen-bond donors (Lipinski definition) is 0. The van der Waals surface area contributed by atoms with Crippen LogP contribution in [-0.4, -0.2) is 11.7 Å². The molecule has 1 aliphatic rings. The predicted octanol–water partition coefficient (Wildman–Crippen LogP) is 6.18. The second-order valence-electron chi connectivity index (χ2n) is 6.16. The molecule has 5 heteroatoms. The van der Waals surface area contributed by atoms with Gasteiger partial charge in [0.1, 0.15) is 5.71 Å². The monoisotopic (exact) mass is 483 g/mol. The van der Waals surface area contributed by atoms with E-state index in [-0.39, 0.29) is 9.65 Å². The Balaban J connectivity index is 1.83. The molecule has 0 saturated carbocycles. The maximum Gasteiger partial charge on any atom is 0.365 e. The fourth-order valence-electron chi connectivity index (χ4n) is 3.18. The Morgan fingerprint density at radius 3 is 1.78 bits per heavy atom. The van der Waals surface area contributed by atoms with E-state index in [1.165, 1.54) is 0 Å². The summed E-state index contributed by atoms with van der Waals surface area (Å²) in [6.07, 6.45) is 0. The molecule has 0 aliphatic heterocycles. The largest absolute Gasteiger partial charge is 0.365 e. The highest BCUT2D eigenvalue weighted by atomic mass is 79.9. The Kier molecular flexibility index (Phi) is 5.23. The van der Waals surface area contributed by atoms with Crippen molar-refractivity contribution >= 4 is 43.5 Å². The molecule has 0 fully saturated rings. The average molecular weight is 485 g/mol.